The van der Waals surface area contributed by atoms with Crippen LogP contribution in [0.5, 0.6) is 0 Å². The number of rotatable bonds is 5. The van der Waals surface area contributed by atoms with Gasteiger partial charge in [0.05, 0.1) is 6.61 Å². The second-order valence-corrected chi connectivity index (χ2v) is 6.29. The van der Waals surface area contributed by atoms with Crippen molar-refractivity contribution in [1.29, 1.82) is 0 Å². The Labute approximate surface area is 118 Å². The van der Waals surface area contributed by atoms with Crippen LogP contribution in [-0.2, 0) is 30.7 Å². The smallest absolute Gasteiger partial charge is 0.392 e. The normalized spacial score (nSPS) is 16.0. The quantitative estimate of drug-likeness (QED) is 0.812. The molecule has 2 N–H and O–H groups in total. The highest BCUT2D eigenvalue weighted by atomic mass is 16.9. The molecule has 0 amide bonds. The number of hydrogen-bond acceptors (Lipinski definition) is 3. The molecule has 0 radical (unpaired) electrons. The summed E-state index contributed by atoms with van der Waals surface area (Å²) in [7, 11) is 0. The number of aryl methyl sites for hydroxylation is 1. The Morgan fingerprint density at radius 2 is 2.05 bits per heavy atom. The highest BCUT2D eigenvalue weighted by Crippen LogP contribution is 2.40. The lowest BCUT2D eigenvalue weighted by molar-refractivity contribution is -0.975. The summed E-state index contributed by atoms with van der Waals surface area (Å²) in [6, 6.07) is 2.17. The summed E-state index contributed by atoms with van der Waals surface area (Å²) in [6.07, 6.45) is 2.48. The SMILES string of the molecule is Cc1cc2c(c(CO)c1CCO[N+](=O)O)CC(C)(C)C2. The van der Waals surface area contributed by atoms with E-state index in [0.717, 1.165) is 29.5 Å². The van der Waals surface area contributed by atoms with E-state index >= 15 is 0 Å². The van der Waals surface area contributed by atoms with Gasteiger partial charge >= 0.3 is 5.09 Å². The Balaban J connectivity index is 2.32. The van der Waals surface area contributed by atoms with Gasteiger partial charge in [-0.1, -0.05) is 19.9 Å². The van der Waals surface area contributed by atoms with Crippen LogP contribution >= 0.6 is 0 Å². The van der Waals surface area contributed by atoms with Crippen LogP contribution in [0.3, 0.4) is 0 Å². The van der Waals surface area contributed by atoms with Gasteiger partial charge in [-0.3, -0.25) is 0 Å². The maximum atomic E-state index is 10.3. The molecule has 0 aromatic heterocycles. The fourth-order valence-corrected chi connectivity index (χ4v) is 3.25. The van der Waals surface area contributed by atoms with Crippen LogP contribution in [0.25, 0.3) is 0 Å². The number of hydrogen-bond donors (Lipinski definition) is 2. The number of benzene rings is 1. The molecule has 0 unspecified atom stereocenters. The van der Waals surface area contributed by atoms with Crippen LogP contribution in [-0.4, -0.2) is 22.0 Å². The van der Waals surface area contributed by atoms with Crippen molar-refractivity contribution in [3.05, 3.63) is 38.8 Å². The average molecular weight is 280 g/mol. The zero-order valence-corrected chi connectivity index (χ0v) is 12.3. The first-order valence-electron chi connectivity index (χ1n) is 6.87. The highest BCUT2D eigenvalue weighted by molar-refractivity contribution is 5.49. The number of aliphatic hydroxyl groups excluding tert-OH is 1. The van der Waals surface area contributed by atoms with Crippen LogP contribution in [0.2, 0.25) is 0 Å². The predicted molar refractivity (Wildman–Crippen MR) is 73.4 cm³/mol. The highest BCUT2D eigenvalue weighted by Gasteiger charge is 2.31. The molecule has 0 aliphatic heterocycles. The largest absolute Gasteiger partial charge is 0.475 e. The zero-order chi connectivity index (χ0) is 14.9. The van der Waals surface area contributed by atoms with E-state index in [2.05, 4.69) is 24.8 Å². The second kappa shape index (κ2) is 5.40. The van der Waals surface area contributed by atoms with Gasteiger partial charge in [0, 0.05) is 6.42 Å². The molecule has 1 aromatic rings. The van der Waals surface area contributed by atoms with Crippen LogP contribution in [0.4, 0.5) is 0 Å². The molecule has 0 bridgehead atoms. The first kappa shape index (κ1) is 14.8. The van der Waals surface area contributed by atoms with Crippen molar-refractivity contribution >= 4 is 0 Å². The fraction of sp³-hybridized carbons (Fsp3) is 0.600. The van der Waals surface area contributed by atoms with Crippen molar-refractivity contribution in [2.75, 3.05) is 6.61 Å². The molecule has 5 heteroatoms. The molecule has 0 saturated carbocycles. The summed E-state index contributed by atoms with van der Waals surface area (Å²) >= 11 is 0. The maximum absolute atomic E-state index is 10.3. The van der Waals surface area contributed by atoms with E-state index in [-0.39, 0.29) is 18.6 Å². The van der Waals surface area contributed by atoms with Gasteiger partial charge in [-0.15, -0.1) is 0 Å². The monoisotopic (exact) mass is 280 g/mol. The summed E-state index contributed by atoms with van der Waals surface area (Å²) in [4.78, 5) is 14.9. The molecule has 0 atom stereocenters. The molecule has 1 aromatic carbocycles. The number of fused-ring (bicyclic) bond motifs is 1. The summed E-state index contributed by atoms with van der Waals surface area (Å²) in [6.45, 7) is 6.56. The van der Waals surface area contributed by atoms with Crippen LogP contribution in [0.1, 0.15) is 41.7 Å². The van der Waals surface area contributed by atoms with Gasteiger partial charge in [-0.05, 0) is 53.0 Å². The van der Waals surface area contributed by atoms with E-state index in [9.17, 15) is 10.0 Å². The van der Waals surface area contributed by atoms with Crippen LogP contribution in [0, 0.1) is 17.2 Å². The van der Waals surface area contributed by atoms with Crippen molar-refractivity contribution in [1.82, 2.24) is 0 Å². The van der Waals surface area contributed by atoms with Crippen molar-refractivity contribution in [3.8, 4) is 0 Å². The molecule has 1 aliphatic rings. The summed E-state index contributed by atoms with van der Waals surface area (Å²) < 4.78 is 0. The van der Waals surface area contributed by atoms with Gasteiger partial charge < -0.3 is 5.11 Å². The Kier molecular flexibility index (Phi) is 3.99. The van der Waals surface area contributed by atoms with Gasteiger partial charge in [0.15, 0.2) is 6.61 Å². The minimum atomic E-state index is -0.523. The Hall–Kier alpha value is -1.62. The minimum Gasteiger partial charge on any atom is -0.392 e. The summed E-state index contributed by atoms with van der Waals surface area (Å²) in [5.41, 5.74) is 5.86. The lowest BCUT2D eigenvalue weighted by Gasteiger charge is -2.16. The predicted octanol–water partition coefficient (Wildman–Crippen LogP) is 2.25. The van der Waals surface area contributed by atoms with Gasteiger partial charge in [0.2, 0.25) is 0 Å². The maximum Gasteiger partial charge on any atom is 0.475 e. The molecule has 0 heterocycles. The van der Waals surface area contributed by atoms with Crippen LogP contribution in [0.15, 0.2) is 6.07 Å². The number of aliphatic hydroxyl groups is 1. The summed E-state index contributed by atoms with van der Waals surface area (Å²) in [5, 5.41) is 17.7. The summed E-state index contributed by atoms with van der Waals surface area (Å²) in [5.74, 6) is 0. The molecule has 1 aliphatic carbocycles. The van der Waals surface area contributed by atoms with Crippen molar-refractivity contribution in [2.24, 2.45) is 5.41 Å². The lowest BCUT2D eigenvalue weighted by atomic mass is 9.89. The second-order valence-electron chi connectivity index (χ2n) is 6.29. The fourth-order valence-electron chi connectivity index (χ4n) is 3.25. The van der Waals surface area contributed by atoms with E-state index in [0.29, 0.717) is 6.42 Å². The van der Waals surface area contributed by atoms with Crippen molar-refractivity contribution in [3.63, 3.8) is 0 Å². The van der Waals surface area contributed by atoms with Gasteiger partial charge in [0.1, 0.15) is 4.91 Å². The van der Waals surface area contributed by atoms with Crippen LogP contribution < -0.4 is 0 Å². The Morgan fingerprint density at radius 3 is 2.65 bits per heavy atom. The third-order valence-electron chi connectivity index (χ3n) is 4.02. The molecule has 0 saturated heterocycles. The van der Waals surface area contributed by atoms with E-state index in [1.54, 1.807) is 0 Å². The van der Waals surface area contributed by atoms with Gasteiger partial charge in [0.25, 0.3) is 0 Å². The lowest BCUT2D eigenvalue weighted by Crippen LogP contribution is -2.11. The molecule has 110 valence electrons. The molecule has 2 rings (SSSR count). The molecule has 0 spiro atoms. The zero-order valence-electron chi connectivity index (χ0n) is 12.3. The van der Waals surface area contributed by atoms with Crippen molar-refractivity contribution < 1.29 is 20.2 Å². The molecular weight excluding hydrogens is 258 g/mol. The van der Waals surface area contributed by atoms with E-state index in [4.69, 9.17) is 5.21 Å². The molecule has 20 heavy (non-hydrogen) atoms. The first-order chi connectivity index (χ1) is 9.34. The Morgan fingerprint density at radius 1 is 1.35 bits per heavy atom. The molecular formula is C15H22NO4+. The first-order valence-corrected chi connectivity index (χ1v) is 6.87. The van der Waals surface area contributed by atoms with Crippen molar-refractivity contribution in [2.45, 2.75) is 46.6 Å². The Bertz CT molecular complexity index is 537. The third-order valence-corrected chi connectivity index (χ3v) is 4.02. The third kappa shape index (κ3) is 2.93. The van der Waals surface area contributed by atoms with E-state index in [1.165, 1.54) is 11.1 Å². The van der Waals surface area contributed by atoms with Gasteiger partial charge in [-0.25, -0.2) is 5.21 Å². The molecule has 5 nitrogen and oxygen atoms in total. The molecule has 0 fully saturated rings. The minimum absolute atomic E-state index is 0.00432. The topological polar surface area (TPSA) is 69.8 Å². The van der Waals surface area contributed by atoms with E-state index < -0.39 is 5.09 Å². The van der Waals surface area contributed by atoms with Gasteiger partial charge in [-0.2, -0.15) is 4.84 Å². The average Bonchev–Trinajstić information content (AvgIpc) is 2.63. The number of nitrogens with zero attached hydrogens (tertiary/aromatic N) is 1. The van der Waals surface area contributed by atoms with E-state index in [1.807, 2.05) is 6.92 Å². The standard InChI is InChI=1S/C15H22NO4/c1-10-6-11-7-15(2,3)8-13(11)14(9-17)12(10)4-5-20-16(18)19/h6,17H,4-5,7-9H2,1-3H3,(H,18,19)/q+1.